The van der Waals surface area contributed by atoms with Gasteiger partial charge in [-0.1, -0.05) is 32.1 Å². The van der Waals surface area contributed by atoms with Crippen molar-refractivity contribution in [2.45, 2.75) is 33.2 Å². The van der Waals surface area contributed by atoms with Gasteiger partial charge < -0.3 is 9.73 Å². The largest absolute Gasteiger partial charge is 0.423 e. The number of carbonyl (C=O) groups excluding carboxylic acids is 1. The summed E-state index contributed by atoms with van der Waals surface area (Å²) in [6.07, 6.45) is 2.69. The van der Waals surface area contributed by atoms with Gasteiger partial charge in [0.2, 0.25) is 5.96 Å². The highest BCUT2D eigenvalue weighted by molar-refractivity contribution is 7.10. The average molecular weight is 407 g/mol. The monoisotopic (exact) mass is 406 g/mol. The summed E-state index contributed by atoms with van der Waals surface area (Å²) < 4.78 is 5.79. The van der Waals surface area contributed by atoms with Gasteiger partial charge >= 0.3 is 6.01 Å². The van der Waals surface area contributed by atoms with Gasteiger partial charge in [0.05, 0.1) is 5.92 Å². The summed E-state index contributed by atoms with van der Waals surface area (Å²) in [4.78, 5) is 23.5. The number of ketones is 1. The second kappa shape index (κ2) is 6.56. The van der Waals surface area contributed by atoms with Crippen LogP contribution in [0.1, 0.15) is 36.8 Å². The molecule has 29 heavy (non-hydrogen) atoms. The number of para-hydroxylation sites is 2. The number of allylic oxidation sites excluding steroid dienone is 1. The van der Waals surface area contributed by atoms with E-state index >= 15 is 0 Å². The molecule has 0 spiro atoms. The molecule has 1 aliphatic carbocycles. The lowest BCUT2D eigenvalue weighted by molar-refractivity contribution is -0.124. The number of aromatic nitrogens is 1. The van der Waals surface area contributed by atoms with E-state index in [9.17, 15) is 4.79 Å². The number of thiophene rings is 1. The number of oxazole rings is 1. The highest BCUT2D eigenvalue weighted by Crippen LogP contribution is 2.44. The minimum atomic E-state index is -0.283. The molecule has 148 valence electrons. The van der Waals surface area contributed by atoms with Gasteiger partial charge in [-0.15, -0.1) is 11.3 Å². The van der Waals surface area contributed by atoms with Crippen LogP contribution in [0.5, 0.6) is 0 Å². The summed E-state index contributed by atoms with van der Waals surface area (Å²) in [5.74, 6) is 0.486. The Morgan fingerprint density at radius 3 is 2.86 bits per heavy atom. The summed E-state index contributed by atoms with van der Waals surface area (Å²) >= 11 is 1.64. The number of guanidine groups is 1. The third-order valence-corrected chi connectivity index (χ3v) is 6.48. The Morgan fingerprint density at radius 1 is 1.28 bits per heavy atom. The van der Waals surface area contributed by atoms with Crippen molar-refractivity contribution in [2.24, 2.45) is 16.3 Å². The molecular formula is C22H22N4O2S. The predicted molar refractivity (Wildman–Crippen MR) is 115 cm³/mol. The fourth-order valence-electron chi connectivity index (χ4n) is 4.12. The molecule has 0 saturated carbocycles. The molecule has 1 aliphatic heterocycles. The quantitative estimate of drug-likeness (QED) is 0.638. The van der Waals surface area contributed by atoms with Gasteiger partial charge in [0.1, 0.15) is 17.3 Å². The Morgan fingerprint density at radius 2 is 2.10 bits per heavy atom. The van der Waals surface area contributed by atoms with Crippen molar-refractivity contribution >= 4 is 40.2 Å². The molecular weight excluding hydrogens is 384 g/mol. The van der Waals surface area contributed by atoms with Gasteiger partial charge in [-0.05, 0) is 41.5 Å². The Balaban J connectivity index is 1.56. The predicted octanol–water partition coefficient (Wildman–Crippen LogP) is 4.81. The van der Waals surface area contributed by atoms with Crippen LogP contribution in [-0.4, -0.2) is 16.7 Å². The van der Waals surface area contributed by atoms with Crippen molar-refractivity contribution in [1.82, 2.24) is 10.3 Å². The normalized spacial score (nSPS) is 23.2. The molecule has 5 rings (SSSR count). The number of carbonyl (C=O) groups is 1. The Labute approximate surface area is 172 Å². The molecule has 2 aliphatic rings. The minimum absolute atomic E-state index is 0.189. The van der Waals surface area contributed by atoms with E-state index in [-0.39, 0.29) is 23.2 Å². The molecule has 3 aromatic rings. The van der Waals surface area contributed by atoms with Crippen molar-refractivity contribution < 1.29 is 9.21 Å². The number of aliphatic imine (C=N–C) groups is 1. The molecule has 2 aromatic heterocycles. The maximum Gasteiger partial charge on any atom is 0.302 e. The van der Waals surface area contributed by atoms with Crippen LogP contribution in [0.25, 0.3) is 11.1 Å². The number of Topliss-reactive ketones (excluding diaryl/α,β-unsaturated/α-hetero) is 1. The molecule has 0 radical (unpaired) electrons. The number of hydrogen-bond donors (Lipinski definition) is 2. The topological polar surface area (TPSA) is 79.5 Å². The van der Waals surface area contributed by atoms with E-state index in [0.29, 0.717) is 24.0 Å². The van der Waals surface area contributed by atoms with Crippen LogP contribution in [0, 0.1) is 18.3 Å². The molecule has 0 amide bonds. The Hall–Kier alpha value is -2.93. The Kier molecular flexibility index (Phi) is 4.10. The first-order valence-corrected chi connectivity index (χ1v) is 10.5. The van der Waals surface area contributed by atoms with Crippen molar-refractivity contribution in [3.63, 3.8) is 0 Å². The van der Waals surface area contributed by atoms with Gasteiger partial charge in [-0.2, -0.15) is 4.98 Å². The maximum atomic E-state index is 13.0. The lowest BCUT2D eigenvalue weighted by atomic mass is 9.73. The van der Waals surface area contributed by atoms with Gasteiger partial charge in [-0.3, -0.25) is 10.1 Å². The maximum absolute atomic E-state index is 13.0. The van der Waals surface area contributed by atoms with Crippen LogP contribution in [0.2, 0.25) is 0 Å². The molecule has 2 atom stereocenters. The van der Waals surface area contributed by atoms with E-state index in [4.69, 9.17) is 9.41 Å². The number of anilines is 1. The van der Waals surface area contributed by atoms with E-state index in [2.05, 4.69) is 53.9 Å². The van der Waals surface area contributed by atoms with E-state index in [1.807, 2.05) is 24.3 Å². The fourth-order valence-corrected chi connectivity index (χ4v) is 5.13. The second-order valence-electron chi connectivity index (χ2n) is 8.34. The molecule has 1 aromatic carbocycles. The average Bonchev–Trinajstić information content (AvgIpc) is 3.24. The van der Waals surface area contributed by atoms with Gasteiger partial charge in [0.15, 0.2) is 5.58 Å². The Bertz CT molecular complexity index is 1140. The lowest BCUT2D eigenvalue weighted by Crippen LogP contribution is -2.45. The second-order valence-corrected chi connectivity index (χ2v) is 9.28. The van der Waals surface area contributed by atoms with Crippen LogP contribution in [0.4, 0.5) is 6.01 Å². The van der Waals surface area contributed by atoms with Crippen molar-refractivity contribution in [3.8, 4) is 0 Å². The van der Waals surface area contributed by atoms with Crippen molar-refractivity contribution in [3.05, 3.63) is 57.9 Å². The first-order chi connectivity index (χ1) is 13.9. The number of hydrogen-bond acceptors (Lipinski definition) is 7. The molecule has 0 unspecified atom stereocenters. The molecule has 0 fully saturated rings. The minimum Gasteiger partial charge on any atom is -0.423 e. The number of nitrogens with one attached hydrogen (secondary N) is 2. The number of rotatable bonds is 2. The van der Waals surface area contributed by atoms with Crippen molar-refractivity contribution in [2.75, 3.05) is 5.32 Å². The highest BCUT2D eigenvalue weighted by atomic mass is 32.1. The summed E-state index contributed by atoms with van der Waals surface area (Å²) in [7, 11) is 0. The molecule has 2 N–H and O–H groups in total. The summed E-state index contributed by atoms with van der Waals surface area (Å²) in [5, 5.41) is 8.55. The zero-order valence-corrected chi connectivity index (χ0v) is 17.3. The number of benzene rings is 1. The van der Waals surface area contributed by atoms with Gasteiger partial charge in [-0.25, -0.2) is 4.99 Å². The molecule has 0 saturated heterocycles. The highest BCUT2D eigenvalue weighted by Gasteiger charge is 2.43. The van der Waals surface area contributed by atoms with Crippen LogP contribution >= 0.6 is 11.3 Å². The number of fused-ring (bicyclic) bond motifs is 2. The van der Waals surface area contributed by atoms with Crippen LogP contribution in [0.3, 0.4) is 0 Å². The fraction of sp³-hybridized carbons (Fsp3) is 0.318. The summed E-state index contributed by atoms with van der Waals surface area (Å²) in [6.45, 7) is 6.24. The van der Waals surface area contributed by atoms with Gasteiger partial charge in [0.25, 0.3) is 0 Å². The van der Waals surface area contributed by atoms with E-state index in [1.54, 1.807) is 11.3 Å². The van der Waals surface area contributed by atoms with E-state index < -0.39 is 0 Å². The number of aryl methyl sites for hydroxylation is 1. The standard InChI is InChI=1S/C22H22N4O2S/c1-12-8-9-29-19(12)18-17-14(10-22(2,3)11-15(17)27)23-20(25-18)26-21-24-13-6-4-5-7-16(13)28-21/h4-10,17-18H,11H2,1-3H3,(H2,23,24,25,26)/t17-,18+/m0/s1. The van der Waals surface area contributed by atoms with Gasteiger partial charge in [0, 0.05) is 17.0 Å². The van der Waals surface area contributed by atoms with Crippen LogP contribution < -0.4 is 10.6 Å². The first kappa shape index (κ1) is 18.1. The third-order valence-electron chi connectivity index (χ3n) is 5.39. The third kappa shape index (κ3) is 3.25. The van der Waals surface area contributed by atoms with E-state index in [0.717, 1.165) is 21.7 Å². The molecule has 7 heteroatoms. The van der Waals surface area contributed by atoms with E-state index in [1.165, 1.54) is 0 Å². The first-order valence-electron chi connectivity index (χ1n) is 9.66. The summed E-state index contributed by atoms with van der Waals surface area (Å²) in [6, 6.07) is 9.81. The summed E-state index contributed by atoms with van der Waals surface area (Å²) in [5.41, 5.74) is 3.36. The smallest absolute Gasteiger partial charge is 0.302 e. The molecule has 0 bridgehead atoms. The zero-order chi connectivity index (χ0) is 20.2. The lowest BCUT2D eigenvalue weighted by Gasteiger charge is -2.38. The molecule has 6 nitrogen and oxygen atoms in total. The zero-order valence-electron chi connectivity index (χ0n) is 16.5. The van der Waals surface area contributed by atoms with Crippen molar-refractivity contribution in [1.29, 1.82) is 0 Å². The SMILES string of the molecule is Cc1ccsc1[C@@H]1N=C(Nc2nc3ccccc3o2)NC2=CC(C)(C)CC(=O)[C@H]21. The molecule has 3 heterocycles. The van der Waals surface area contributed by atoms with Crippen LogP contribution in [-0.2, 0) is 4.79 Å². The number of nitrogens with zero attached hydrogens (tertiary/aromatic N) is 2. The van der Waals surface area contributed by atoms with Crippen LogP contribution in [0.15, 0.2) is 56.9 Å².